The Labute approximate surface area is 168 Å². The lowest BCUT2D eigenvalue weighted by Crippen LogP contribution is -2.01. The minimum atomic E-state index is 0.881. The van der Waals surface area contributed by atoms with E-state index in [0.29, 0.717) is 0 Å². The molecule has 0 radical (unpaired) electrons. The summed E-state index contributed by atoms with van der Waals surface area (Å²) in [7, 11) is 0. The number of ether oxygens (including phenoxy) is 1. The third-order valence-corrected chi connectivity index (χ3v) is 5.68. The molecule has 4 heteroatoms. The fourth-order valence-electron chi connectivity index (χ4n) is 3.16. The smallest absolute Gasteiger partial charge is 0.150 e. The molecule has 0 aliphatic carbocycles. The van der Waals surface area contributed by atoms with Gasteiger partial charge in [-0.05, 0) is 48.5 Å². The van der Waals surface area contributed by atoms with Crippen LogP contribution in [0.15, 0.2) is 107 Å². The Morgan fingerprint density at radius 3 is 1.39 bits per heavy atom. The quantitative estimate of drug-likeness (QED) is 0.286. The normalized spacial score (nSPS) is 12.3. The summed E-state index contributed by atoms with van der Waals surface area (Å²) in [6.45, 7) is 0. The summed E-state index contributed by atoms with van der Waals surface area (Å²) in [5.74, 6) is 1.76. The van der Waals surface area contributed by atoms with Crippen molar-refractivity contribution in [2.75, 3.05) is 10.6 Å². The van der Waals surface area contributed by atoms with E-state index >= 15 is 0 Å². The molecule has 2 N–H and O–H groups in total. The fraction of sp³-hybridized carbons (Fsp3) is 0. The highest BCUT2D eigenvalue weighted by molar-refractivity contribution is 7.99. The number of hydrogen-bond acceptors (Lipinski definition) is 4. The van der Waals surface area contributed by atoms with Crippen molar-refractivity contribution in [3.63, 3.8) is 0 Å². The third kappa shape index (κ3) is 3.30. The highest BCUT2D eigenvalue weighted by Crippen LogP contribution is 2.43. The number of nitrogens with one attached hydrogen (secondary N) is 2. The molecule has 3 nitrogen and oxygen atoms in total. The first-order valence-corrected chi connectivity index (χ1v) is 9.94. The first-order valence-electron chi connectivity index (χ1n) is 9.13. The van der Waals surface area contributed by atoms with Gasteiger partial charge in [0.25, 0.3) is 0 Å². The zero-order valence-corrected chi connectivity index (χ0v) is 15.9. The molecule has 0 atom stereocenters. The Bertz CT molecular complexity index is 877. The predicted molar refractivity (Wildman–Crippen MR) is 117 cm³/mol. The molecule has 4 aromatic rings. The minimum Gasteiger partial charge on any atom is -0.453 e. The predicted octanol–water partition coefficient (Wildman–Crippen LogP) is 7.43. The topological polar surface area (TPSA) is 33.3 Å². The number of benzene rings is 4. The summed E-state index contributed by atoms with van der Waals surface area (Å²) in [6, 6.07) is 32.6. The average Bonchev–Trinajstić information content (AvgIpc) is 2.76. The molecule has 4 aromatic carbocycles. The first kappa shape index (κ1) is 16.8. The highest BCUT2D eigenvalue weighted by atomic mass is 32.2. The van der Waals surface area contributed by atoms with Crippen molar-refractivity contribution in [2.45, 2.75) is 9.79 Å². The summed E-state index contributed by atoms with van der Waals surface area (Å²) in [5.41, 5.74) is 4.45. The van der Waals surface area contributed by atoms with Crippen molar-refractivity contribution < 1.29 is 4.74 Å². The summed E-state index contributed by atoms with van der Waals surface area (Å²) < 4.78 is 5.71. The molecule has 0 fully saturated rings. The van der Waals surface area contributed by atoms with Gasteiger partial charge in [-0.25, -0.2) is 0 Å². The molecule has 0 saturated carbocycles. The standard InChI is InChI=1S/C12H9NO.C12H9NS/c2*1-3-7-11-9(5-1)13-10-6-2-4-8-12(10)14-11/h2*1-8,13H. The van der Waals surface area contributed by atoms with Crippen molar-refractivity contribution >= 4 is 34.5 Å². The molecule has 2 aliphatic heterocycles. The van der Waals surface area contributed by atoms with Gasteiger partial charge in [-0.1, -0.05) is 60.3 Å². The number of hydrogen-bond donors (Lipinski definition) is 2. The average molecular weight is 382 g/mol. The maximum Gasteiger partial charge on any atom is 0.150 e. The second kappa shape index (κ2) is 7.33. The summed E-state index contributed by atoms with van der Waals surface area (Å²) in [6.07, 6.45) is 0. The molecule has 0 saturated heterocycles. The van der Waals surface area contributed by atoms with E-state index in [2.05, 4.69) is 59.2 Å². The van der Waals surface area contributed by atoms with Gasteiger partial charge in [0.05, 0.1) is 22.7 Å². The molecule has 2 heterocycles. The van der Waals surface area contributed by atoms with Crippen LogP contribution >= 0.6 is 11.8 Å². The van der Waals surface area contributed by atoms with Crippen LogP contribution in [0.25, 0.3) is 0 Å². The second-order valence-electron chi connectivity index (χ2n) is 6.44. The number of anilines is 4. The zero-order valence-electron chi connectivity index (χ0n) is 15.1. The molecule has 6 rings (SSSR count). The Balaban J connectivity index is 0.000000122. The van der Waals surface area contributed by atoms with E-state index in [9.17, 15) is 0 Å². The summed E-state index contributed by atoms with van der Waals surface area (Å²) in [5, 5.41) is 6.74. The van der Waals surface area contributed by atoms with Crippen molar-refractivity contribution in [2.24, 2.45) is 0 Å². The fourth-order valence-corrected chi connectivity index (χ4v) is 4.15. The third-order valence-electron chi connectivity index (χ3n) is 4.53. The summed E-state index contributed by atoms with van der Waals surface area (Å²) >= 11 is 1.82. The number of rotatable bonds is 0. The van der Waals surface area contributed by atoms with Crippen LogP contribution in [-0.2, 0) is 0 Å². The minimum absolute atomic E-state index is 0.881. The van der Waals surface area contributed by atoms with Gasteiger partial charge in [0, 0.05) is 9.79 Å². The van der Waals surface area contributed by atoms with E-state index < -0.39 is 0 Å². The van der Waals surface area contributed by atoms with E-state index in [1.807, 2.05) is 60.3 Å². The molecule has 28 heavy (non-hydrogen) atoms. The Morgan fingerprint density at radius 2 is 0.857 bits per heavy atom. The van der Waals surface area contributed by atoms with E-state index in [4.69, 9.17) is 4.74 Å². The first-order chi connectivity index (χ1) is 13.9. The van der Waals surface area contributed by atoms with Crippen LogP contribution < -0.4 is 15.4 Å². The SMILES string of the molecule is c1ccc2c(c1)Nc1ccccc1O2.c1ccc2c(c1)Nc1ccccc1S2. The highest BCUT2D eigenvalue weighted by Gasteiger charge is 2.14. The van der Waals surface area contributed by atoms with Gasteiger partial charge in [0.15, 0.2) is 11.5 Å². The zero-order chi connectivity index (χ0) is 18.8. The van der Waals surface area contributed by atoms with Crippen LogP contribution in [0.4, 0.5) is 22.7 Å². The molecule has 0 spiro atoms. The molecule has 0 amide bonds. The van der Waals surface area contributed by atoms with Gasteiger partial charge in [0.1, 0.15) is 0 Å². The molecule has 0 bridgehead atoms. The molecule has 2 aliphatic rings. The van der Waals surface area contributed by atoms with Crippen molar-refractivity contribution in [1.29, 1.82) is 0 Å². The van der Waals surface area contributed by atoms with Gasteiger partial charge in [-0.2, -0.15) is 0 Å². The Kier molecular flexibility index (Phi) is 4.39. The molecule has 0 aromatic heterocycles. The lowest BCUT2D eigenvalue weighted by molar-refractivity contribution is 0.481. The molecular weight excluding hydrogens is 364 g/mol. The number of para-hydroxylation sites is 6. The van der Waals surface area contributed by atoms with Gasteiger partial charge in [-0.15, -0.1) is 0 Å². The van der Waals surface area contributed by atoms with Gasteiger partial charge in [-0.3, -0.25) is 0 Å². The van der Waals surface area contributed by atoms with Crippen molar-refractivity contribution in [3.05, 3.63) is 97.1 Å². The van der Waals surface area contributed by atoms with Crippen LogP contribution in [-0.4, -0.2) is 0 Å². The Hall–Kier alpha value is -3.37. The van der Waals surface area contributed by atoms with Crippen LogP contribution in [0.5, 0.6) is 11.5 Å². The van der Waals surface area contributed by atoms with Gasteiger partial charge in [0.2, 0.25) is 0 Å². The monoisotopic (exact) mass is 382 g/mol. The van der Waals surface area contributed by atoms with Gasteiger partial charge < -0.3 is 15.4 Å². The van der Waals surface area contributed by atoms with Crippen molar-refractivity contribution in [3.8, 4) is 11.5 Å². The molecular formula is C24H18N2OS. The van der Waals surface area contributed by atoms with Gasteiger partial charge >= 0.3 is 0 Å². The molecule has 136 valence electrons. The summed E-state index contributed by atoms with van der Waals surface area (Å²) in [4.78, 5) is 2.59. The molecule has 0 unspecified atom stereocenters. The Morgan fingerprint density at radius 1 is 0.464 bits per heavy atom. The van der Waals surface area contributed by atoms with Crippen molar-refractivity contribution in [1.82, 2.24) is 0 Å². The lowest BCUT2D eigenvalue weighted by atomic mass is 10.2. The van der Waals surface area contributed by atoms with E-state index in [-0.39, 0.29) is 0 Å². The second-order valence-corrected chi connectivity index (χ2v) is 7.52. The largest absolute Gasteiger partial charge is 0.453 e. The maximum atomic E-state index is 5.71. The van der Waals surface area contributed by atoms with Crippen LogP contribution in [0, 0.1) is 0 Å². The maximum absolute atomic E-state index is 5.71. The van der Waals surface area contributed by atoms with Crippen LogP contribution in [0.3, 0.4) is 0 Å². The number of fused-ring (bicyclic) bond motifs is 4. The van der Waals surface area contributed by atoms with E-state index in [1.165, 1.54) is 21.2 Å². The van der Waals surface area contributed by atoms with E-state index in [0.717, 1.165) is 22.9 Å². The van der Waals surface area contributed by atoms with E-state index in [1.54, 1.807) is 0 Å². The lowest BCUT2D eigenvalue weighted by Gasteiger charge is -2.20. The van der Waals surface area contributed by atoms with Crippen LogP contribution in [0.2, 0.25) is 0 Å². The van der Waals surface area contributed by atoms with Crippen LogP contribution in [0.1, 0.15) is 0 Å².